The molecule has 0 saturated carbocycles. The number of hydrogen-bond donors (Lipinski definition) is 2. The number of imidazole rings is 1. The van der Waals surface area contributed by atoms with Gasteiger partial charge in [-0.15, -0.1) is 0 Å². The van der Waals surface area contributed by atoms with Gasteiger partial charge in [-0.25, -0.2) is 13.9 Å². The zero-order valence-corrected chi connectivity index (χ0v) is 11.8. The molecule has 5 nitrogen and oxygen atoms in total. The molecular formula is C14H13FN4OS. The lowest BCUT2D eigenvalue weighted by molar-refractivity contribution is 0.311. The highest BCUT2D eigenvalue weighted by Gasteiger charge is 2.08. The fraction of sp³-hybridized carbons (Fsp3) is 0.143. The molecule has 21 heavy (non-hydrogen) atoms. The first-order valence-electron chi connectivity index (χ1n) is 6.39. The maximum absolute atomic E-state index is 13.2. The Hall–Kier alpha value is -2.12. The van der Waals surface area contributed by atoms with Crippen molar-refractivity contribution < 1.29 is 9.50 Å². The summed E-state index contributed by atoms with van der Waals surface area (Å²) in [6.45, 7) is 0.457. The third-order valence-corrected chi connectivity index (χ3v) is 3.68. The molecule has 0 unspecified atom stereocenters. The summed E-state index contributed by atoms with van der Waals surface area (Å²) in [4.78, 5) is 4.99. The minimum atomic E-state index is -0.276. The molecule has 7 heteroatoms. The number of nitrogens with one attached hydrogen (secondary N) is 1. The van der Waals surface area contributed by atoms with Crippen LogP contribution in [0.1, 0.15) is 0 Å². The zero-order chi connectivity index (χ0) is 14.7. The lowest BCUT2D eigenvalue weighted by atomic mass is 10.4. The van der Waals surface area contributed by atoms with E-state index in [1.807, 2.05) is 12.1 Å². The molecule has 2 aromatic heterocycles. The first-order chi connectivity index (χ1) is 10.3. The fourth-order valence-electron chi connectivity index (χ4n) is 1.92. The van der Waals surface area contributed by atoms with E-state index in [4.69, 9.17) is 5.11 Å². The van der Waals surface area contributed by atoms with Crippen LogP contribution in [0.2, 0.25) is 0 Å². The average molecular weight is 304 g/mol. The molecule has 0 amide bonds. The van der Waals surface area contributed by atoms with E-state index < -0.39 is 0 Å². The highest BCUT2D eigenvalue weighted by Crippen LogP contribution is 2.29. The molecule has 108 valence electrons. The molecule has 0 bridgehead atoms. The summed E-state index contributed by atoms with van der Waals surface area (Å²) in [5.41, 5.74) is 1.47. The van der Waals surface area contributed by atoms with Gasteiger partial charge in [0.15, 0.2) is 5.65 Å². The quantitative estimate of drug-likeness (QED) is 0.758. The Morgan fingerprint density at radius 2 is 2.24 bits per heavy atom. The molecule has 1 aromatic carbocycles. The smallest absolute Gasteiger partial charge is 0.177 e. The monoisotopic (exact) mass is 304 g/mol. The number of anilines is 1. The molecule has 0 saturated heterocycles. The van der Waals surface area contributed by atoms with Crippen LogP contribution in [0.3, 0.4) is 0 Å². The maximum atomic E-state index is 13.2. The van der Waals surface area contributed by atoms with Gasteiger partial charge in [-0.05, 0) is 24.3 Å². The minimum absolute atomic E-state index is 0.0293. The second kappa shape index (κ2) is 6.11. The van der Waals surface area contributed by atoms with Gasteiger partial charge in [0.25, 0.3) is 0 Å². The van der Waals surface area contributed by atoms with Crippen LogP contribution in [0, 0.1) is 5.82 Å². The van der Waals surface area contributed by atoms with Gasteiger partial charge in [-0.1, -0.05) is 17.8 Å². The number of aliphatic hydroxyl groups excluding tert-OH is 1. The molecule has 0 spiro atoms. The van der Waals surface area contributed by atoms with E-state index in [1.54, 1.807) is 23.0 Å². The summed E-state index contributed by atoms with van der Waals surface area (Å²) >= 11 is 1.37. The van der Waals surface area contributed by atoms with E-state index in [0.29, 0.717) is 17.2 Å². The van der Waals surface area contributed by atoms with Crippen LogP contribution < -0.4 is 5.32 Å². The van der Waals surface area contributed by atoms with Gasteiger partial charge in [0.05, 0.1) is 12.3 Å². The van der Waals surface area contributed by atoms with Gasteiger partial charge >= 0.3 is 0 Å². The van der Waals surface area contributed by atoms with Gasteiger partial charge in [-0.2, -0.15) is 5.10 Å². The lowest BCUT2D eigenvalue weighted by Crippen LogP contribution is -2.08. The summed E-state index contributed by atoms with van der Waals surface area (Å²) in [6.07, 6.45) is 3.40. The summed E-state index contributed by atoms with van der Waals surface area (Å²) in [5.74, 6) is -0.276. The molecule has 3 aromatic rings. The Balaban J connectivity index is 1.94. The standard InChI is InChI=1S/C14H13FN4OS/c15-10-2-1-3-11(8-10)21-13-9-12(16-5-7-20)14-17-4-6-19(14)18-13/h1-4,6,8-9,16,20H,5,7H2. The van der Waals surface area contributed by atoms with Gasteiger partial charge in [-0.3, -0.25) is 0 Å². The maximum Gasteiger partial charge on any atom is 0.177 e. The third kappa shape index (κ3) is 3.14. The molecule has 0 atom stereocenters. The Morgan fingerprint density at radius 1 is 1.33 bits per heavy atom. The number of hydrogen-bond acceptors (Lipinski definition) is 5. The Labute approximate surface area is 124 Å². The Kier molecular flexibility index (Phi) is 4.03. The second-order valence-electron chi connectivity index (χ2n) is 4.30. The lowest BCUT2D eigenvalue weighted by Gasteiger charge is -2.08. The molecule has 0 fully saturated rings. The van der Waals surface area contributed by atoms with Crippen molar-refractivity contribution in [3.63, 3.8) is 0 Å². The highest BCUT2D eigenvalue weighted by molar-refractivity contribution is 7.99. The second-order valence-corrected chi connectivity index (χ2v) is 5.40. The van der Waals surface area contributed by atoms with E-state index >= 15 is 0 Å². The van der Waals surface area contributed by atoms with Crippen LogP contribution in [0.4, 0.5) is 10.1 Å². The van der Waals surface area contributed by atoms with Crippen molar-refractivity contribution >= 4 is 23.1 Å². The van der Waals surface area contributed by atoms with Crippen LogP contribution in [0.15, 0.2) is 52.6 Å². The van der Waals surface area contributed by atoms with Crippen molar-refractivity contribution in [1.82, 2.24) is 14.6 Å². The number of aromatic nitrogens is 3. The fourth-order valence-corrected chi connectivity index (χ4v) is 2.78. The molecule has 2 heterocycles. The molecule has 0 aliphatic rings. The summed E-state index contributed by atoms with van der Waals surface area (Å²) in [5, 5.41) is 17.2. The van der Waals surface area contributed by atoms with Crippen molar-refractivity contribution in [2.24, 2.45) is 0 Å². The molecule has 0 aliphatic heterocycles. The number of halogens is 1. The van der Waals surface area contributed by atoms with Gasteiger partial charge < -0.3 is 10.4 Å². The third-order valence-electron chi connectivity index (χ3n) is 2.78. The van der Waals surface area contributed by atoms with Crippen LogP contribution in [-0.4, -0.2) is 32.9 Å². The van der Waals surface area contributed by atoms with E-state index in [0.717, 1.165) is 10.6 Å². The summed E-state index contributed by atoms with van der Waals surface area (Å²) < 4.78 is 14.9. The van der Waals surface area contributed by atoms with Crippen LogP contribution >= 0.6 is 11.8 Å². The number of fused-ring (bicyclic) bond motifs is 1. The predicted molar refractivity (Wildman–Crippen MR) is 79.1 cm³/mol. The number of nitrogens with zero attached hydrogens (tertiary/aromatic N) is 3. The first kappa shape index (κ1) is 13.8. The topological polar surface area (TPSA) is 62.5 Å². The Morgan fingerprint density at radius 3 is 3.05 bits per heavy atom. The molecule has 0 radical (unpaired) electrons. The van der Waals surface area contributed by atoms with Gasteiger partial charge in [0, 0.05) is 23.8 Å². The van der Waals surface area contributed by atoms with Crippen LogP contribution in [-0.2, 0) is 0 Å². The van der Waals surface area contributed by atoms with Gasteiger partial charge in [0.1, 0.15) is 10.8 Å². The van der Waals surface area contributed by atoms with E-state index in [2.05, 4.69) is 15.4 Å². The predicted octanol–water partition coefficient (Wildman–Crippen LogP) is 2.42. The Bertz CT molecular complexity index is 762. The average Bonchev–Trinajstić information content (AvgIpc) is 2.93. The minimum Gasteiger partial charge on any atom is -0.395 e. The van der Waals surface area contributed by atoms with Crippen molar-refractivity contribution in [1.29, 1.82) is 0 Å². The van der Waals surface area contributed by atoms with Crippen molar-refractivity contribution in [2.75, 3.05) is 18.5 Å². The molecular weight excluding hydrogens is 291 g/mol. The summed E-state index contributed by atoms with van der Waals surface area (Å²) in [7, 11) is 0. The van der Waals surface area contributed by atoms with Crippen LogP contribution in [0.25, 0.3) is 5.65 Å². The van der Waals surface area contributed by atoms with E-state index in [9.17, 15) is 4.39 Å². The molecule has 2 N–H and O–H groups in total. The van der Waals surface area contributed by atoms with E-state index in [1.165, 1.54) is 23.9 Å². The van der Waals surface area contributed by atoms with Crippen LogP contribution in [0.5, 0.6) is 0 Å². The normalized spacial score (nSPS) is 11.0. The van der Waals surface area contributed by atoms with Gasteiger partial charge in [0.2, 0.25) is 0 Å². The molecule has 3 rings (SSSR count). The summed E-state index contributed by atoms with van der Waals surface area (Å²) in [6, 6.07) is 8.20. The van der Waals surface area contributed by atoms with E-state index in [-0.39, 0.29) is 12.4 Å². The first-order valence-corrected chi connectivity index (χ1v) is 7.20. The number of benzene rings is 1. The van der Waals surface area contributed by atoms with Crippen molar-refractivity contribution in [3.8, 4) is 0 Å². The largest absolute Gasteiger partial charge is 0.395 e. The SMILES string of the molecule is OCCNc1cc(Sc2cccc(F)c2)nn2ccnc12. The number of rotatable bonds is 5. The zero-order valence-electron chi connectivity index (χ0n) is 11.0. The number of aliphatic hydroxyl groups is 1. The van der Waals surface area contributed by atoms with Crippen molar-refractivity contribution in [3.05, 3.63) is 48.5 Å². The highest BCUT2D eigenvalue weighted by atomic mass is 32.2. The van der Waals surface area contributed by atoms with Crippen molar-refractivity contribution in [2.45, 2.75) is 9.92 Å². The molecule has 0 aliphatic carbocycles.